The number of pyridine rings is 1. The lowest BCUT2D eigenvalue weighted by Gasteiger charge is -2.35. The third-order valence-corrected chi connectivity index (χ3v) is 4.52. The van der Waals surface area contributed by atoms with Crippen molar-refractivity contribution in [2.45, 2.75) is 38.6 Å². The molecule has 2 heterocycles. The van der Waals surface area contributed by atoms with Gasteiger partial charge in [0.25, 0.3) is 0 Å². The molecule has 2 amide bonds. The third-order valence-electron chi connectivity index (χ3n) is 4.52. The second-order valence-corrected chi connectivity index (χ2v) is 6.73. The van der Waals surface area contributed by atoms with Gasteiger partial charge in [0.2, 0.25) is 11.8 Å². The SMILES string of the molecule is CCCC(C)(N)C(=O)NCCC(=O)N1CCN(c2ccccn2)CC1. The molecule has 7 nitrogen and oxygen atoms in total. The first-order valence-corrected chi connectivity index (χ1v) is 8.95. The molecule has 1 aliphatic heterocycles. The van der Waals surface area contributed by atoms with Crippen LogP contribution in [-0.4, -0.2) is 60.0 Å². The highest BCUT2D eigenvalue weighted by atomic mass is 16.2. The highest BCUT2D eigenvalue weighted by Crippen LogP contribution is 2.13. The van der Waals surface area contributed by atoms with Crippen LogP contribution in [0.15, 0.2) is 24.4 Å². The molecule has 0 aromatic carbocycles. The Labute approximate surface area is 149 Å². The predicted octanol–water partition coefficient (Wildman–Crippen LogP) is 0.754. The number of rotatable bonds is 7. The van der Waals surface area contributed by atoms with Crippen molar-refractivity contribution in [2.24, 2.45) is 5.73 Å². The van der Waals surface area contributed by atoms with Crippen LogP contribution in [0.5, 0.6) is 0 Å². The number of aromatic nitrogens is 1. The van der Waals surface area contributed by atoms with E-state index in [0.717, 1.165) is 25.3 Å². The van der Waals surface area contributed by atoms with E-state index in [1.54, 1.807) is 13.1 Å². The molecule has 0 aliphatic carbocycles. The van der Waals surface area contributed by atoms with Gasteiger partial charge in [0.15, 0.2) is 0 Å². The van der Waals surface area contributed by atoms with E-state index in [1.165, 1.54) is 0 Å². The highest BCUT2D eigenvalue weighted by Gasteiger charge is 2.27. The Bertz CT molecular complexity index is 568. The van der Waals surface area contributed by atoms with Crippen molar-refractivity contribution < 1.29 is 9.59 Å². The number of nitrogens with two attached hydrogens (primary N) is 1. The van der Waals surface area contributed by atoms with Gasteiger partial charge in [0.05, 0.1) is 5.54 Å². The Kier molecular flexibility index (Phi) is 6.75. The molecule has 0 saturated carbocycles. The maximum Gasteiger partial charge on any atom is 0.239 e. The van der Waals surface area contributed by atoms with Crippen molar-refractivity contribution in [1.82, 2.24) is 15.2 Å². The van der Waals surface area contributed by atoms with Crippen LogP contribution in [0.2, 0.25) is 0 Å². The summed E-state index contributed by atoms with van der Waals surface area (Å²) in [5.41, 5.74) is 5.11. The topological polar surface area (TPSA) is 91.6 Å². The Hall–Kier alpha value is -2.15. The molecule has 1 unspecified atom stereocenters. The molecule has 0 radical (unpaired) electrons. The third kappa shape index (κ3) is 5.42. The second kappa shape index (κ2) is 8.80. The first-order valence-electron chi connectivity index (χ1n) is 8.95. The fraction of sp³-hybridized carbons (Fsp3) is 0.611. The number of piperazine rings is 1. The van der Waals surface area contributed by atoms with Gasteiger partial charge >= 0.3 is 0 Å². The van der Waals surface area contributed by atoms with Gasteiger partial charge in [0.1, 0.15) is 5.82 Å². The van der Waals surface area contributed by atoms with Crippen molar-refractivity contribution in [2.75, 3.05) is 37.6 Å². The monoisotopic (exact) mass is 347 g/mol. The predicted molar refractivity (Wildman–Crippen MR) is 98.2 cm³/mol. The molecule has 0 spiro atoms. The van der Waals surface area contributed by atoms with Gasteiger partial charge in [0, 0.05) is 45.3 Å². The summed E-state index contributed by atoms with van der Waals surface area (Å²) in [6.07, 6.45) is 3.55. The number of nitrogens with zero attached hydrogens (tertiary/aromatic N) is 3. The lowest BCUT2D eigenvalue weighted by molar-refractivity contribution is -0.131. The molecular weight excluding hydrogens is 318 g/mol. The number of carbonyl (C=O) groups is 2. The molecule has 7 heteroatoms. The van der Waals surface area contributed by atoms with E-state index < -0.39 is 5.54 Å². The number of hydrogen-bond acceptors (Lipinski definition) is 5. The molecular formula is C18H29N5O2. The molecule has 1 fully saturated rings. The van der Waals surface area contributed by atoms with Crippen LogP contribution in [0.4, 0.5) is 5.82 Å². The quantitative estimate of drug-likeness (QED) is 0.760. The van der Waals surface area contributed by atoms with E-state index in [1.807, 2.05) is 30.0 Å². The van der Waals surface area contributed by atoms with Crippen LogP contribution in [0, 0.1) is 0 Å². The summed E-state index contributed by atoms with van der Waals surface area (Å²) < 4.78 is 0. The average Bonchev–Trinajstić information content (AvgIpc) is 2.62. The second-order valence-electron chi connectivity index (χ2n) is 6.73. The largest absolute Gasteiger partial charge is 0.354 e. The fourth-order valence-corrected chi connectivity index (χ4v) is 3.00. The zero-order valence-corrected chi connectivity index (χ0v) is 15.2. The van der Waals surface area contributed by atoms with Gasteiger partial charge in [-0.25, -0.2) is 4.98 Å². The van der Waals surface area contributed by atoms with Gasteiger partial charge in [-0.05, 0) is 25.5 Å². The number of anilines is 1. The molecule has 2 rings (SSSR count). The molecule has 25 heavy (non-hydrogen) atoms. The van der Waals surface area contributed by atoms with Crippen molar-refractivity contribution in [3.8, 4) is 0 Å². The van der Waals surface area contributed by atoms with E-state index in [-0.39, 0.29) is 11.8 Å². The van der Waals surface area contributed by atoms with Crippen LogP contribution in [0.3, 0.4) is 0 Å². The van der Waals surface area contributed by atoms with E-state index in [9.17, 15) is 9.59 Å². The number of nitrogens with one attached hydrogen (secondary N) is 1. The summed E-state index contributed by atoms with van der Waals surface area (Å²) in [4.78, 5) is 32.7. The van der Waals surface area contributed by atoms with E-state index >= 15 is 0 Å². The van der Waals surface area contributed by atoms with E-state index in [0.29, 0.717) is 32.5 Å². The Morgan fingerprint density at radius 2 is 2.00 bits per heavy atom. The first kappa shape index (κ1) is 19.2. The van der Waals surface area contributed by atoms with Crippen LogP contribution < -0.4 is 16.0 Å². The van der Waals surface area contributed by atoms with Gasteiger partial charge in [-0.2, -0.15) is 0 Å². The number of amides is 2. The summed E-state index contributed by atoms with van der Waals surface area (Å²) in [5.74, 6) is 0.817. The lowest BCUT2D eigenvalue weighted by atomic mass is 9.96. The highest BCUT2D eigenvalue weighted by molar-refractivity contribution is 5.86. The van der Waals surface area contributed by atoms with Crippen molar-refractivity contribution in [1.29, 1.82) is 0 Å². The number of carbonyl (C=O) groups excluding carboxylic acids is 2. The lowest BCUT2D eigenvalue weighted by Crippen LogP contribution is -2.52. The summed E-state index contributed by atoms with van der Waals surface area (Å²) in [6, 6.07) is 5.84. The van der Waals surface area contributed by atoms with E-state index in [4.69, 9.17) is 5.73 Å². The maximum atomic E-state index is 12.3. The summed E-state index contributed by atoms with van der Waals surface area (Å²) in [5, 5.41) is 2.78. The maximum absolute atomic E-state index is 12.3. The zero-order chi connectivity index (χ0) is 18.3. The van der Waals surface area contributed by atoms with Gasteiger partial charge in [-0.3, -0.25) is 9.59 Å². The minimum Gasteiger partial charge on any atom is -0.354 e. The molecule has 0 bridgehead atoms. The van der Waals surface area contributed by atoms with Crippen molar-refractivity contribution >= 4 is 17.6 Å². The Morgan fingerprint density at radius 3 is 2.60 bits per heavy atom. The standard InChI is InChI=1S/C18H29N5O2/c1-3-8-18(2,19)17(25)21-10-7-16(24)23-13-11-22(12-14-23)15-6-4-5-9-20-15/h4-6,9H,3,7-8,10-14,19H2,1-2H3,(H,21,25). The van der Waals surface area contributed by atoms with Gasteiger partial charge in [-0.15, -0.1) is 0 Å². The van der Waals surface area contributed by atoms with Crippen LogP contribution in [0.1, 0.15) is 33.1 Å². The summed E-state index contributed by atoms with van der Waals surface area (Å²) in [6.45, 7) is 6.94. The normalized spacial score (nSPS) is 17.1. The van der Waals surface area contributed by atoms with Crippen LogP contribution >= 0.6 is 0 Å². The molecule has 1 saturated heterocycles. The molecule has 1 aromatic heterocycles. The molecule has 1 aromatic rings. The van der Waals surface area contributed by atoms with Crippen molar-refractivity contribution in [3.05, 3.63) is 24.4 Å². The summed E-state index contributed by atoms with van der Waals surface area (Å²) in [7, 11) is 0. The van der Waals surface area contributed by atoms with Crippen molar-refractivity contribution in [3.63, 3.8) is 0 Å². The summed E-state index contributed by atoms with van der Waals surface area (Å²) >= 11 is 0. The molecule has 138 valence electrons. The van der Waals surface area contributed by atoms with Gasteiger partial charge < -0.3 is 20.9 Å². The minimum atomic E-state index is -0.869. The zero-order valence-electron chi connectivity index (χ0n) is 15.2. The average molecular weight is 347 g/mol. The Morgan fingerprint density at radius 1 is 1.28 bits per heavy atom. The Balaban J connectivity index is 1.71. The molecule has 1 atom stereocenters. The minimum absolute atomic E-state index is 0.0650. The van der Waals surface area contributed by atoms with Gasteiger partial charge in [-0.1, -0.05) is 19.4 Å². The molecule has 3 N–H and O–H groups in total. The number of hydrogen-bond donors (Lipinski definition) is 2. The fourth-order valence-electron chi connectivity index (χ4n) is 3.00. The first-order chi connectivity index (χ1) is 11.9. The molecule has 1 aliphatic rings. The smallest absolute Gasteiger partial charge is 0.239 e. The van der Waals surface area contributed by atoms with E-state index in [2.05, 4.69) is 15.2 Å². The van der Waals surface area contributed by atoms with Crippen LogP contribution in [0.25, 0.3) is 0 Å². The van der Waals surface area contributed by atoms with Crippen LogP contribution in [-0.2, 0) is 9.59 Å².